The molecule has 0 aliphatic heterocycles. The average molecular weight is 136 g/mol. The zero-order chi connectivity index (χ0) is 7.40. The molecule has 52 valence electrons. The highest BCUT2D eigenvalue weighted by atomic mass is 16.4. The molecule has 1 aromatic rings. The van der Waals surface area contributed by atoms with Gasteiger partial charge in [-0.05, 0) is 6.42 Å². The fourth-order valence-electron chi connectivity index (χ4n) is 0.691. The first-order valence-corrected chi connectivity index (χ1v) is 3.21. The summed E-state index contributed by atoms with van der Waals surface area (Å²) in [5.41, 5.74) is 0. The largest absolute Gasteiger partial charge is 0.430 e. The Hall–Kier alpha value is -1.30. The topological polar surface area (TPSA) is 49.8 Å². The molecule has 10 heavy (non-hydrogen) atoms. The normalized spacial score (nSPS) is 9.20. The lowest BCUT2D eigenvalue weighted by Crippen LogP contribution is -1.79. The number of oxazole rings is 1. The quantitative estimate of drug-likeness (QED) is 0.619. The summed E-state index contributed by atoms with van der Waals surface area (Å²) in [7, 11) is 0. The molecule has 0 N–H and O–H groups in total. The van der Waals surface area contributed by atoms with Crippen LogP contribution in [0.5, 0.6) is 0 Å². The molecular formula is C7H8N2O. The second-order valence-corrected chi connectivity index (χ2v) is 1.98. The Morgan fingerprint density at radius 2 is 2.60 bits per heavy atom. The van der Waals surface area contributed by atoms with E-state index in [4.69, 9.17) is 9.68 Å². The lowest BCUT2D eigenvalue weighted by atomic mass is 10.3. The molecule has 0 spiro atoms. The molecule has 0 saturated carbocycles. The lowest BCUT2D eigenvalue weighted by molar-refractivity contribution is 0.481. The fraction of sp³-hybridized carbons (Fsp3) is 0.429. The summed E-state index contributed by atoms with van der Waals surface area (Å²) in [6.07, 6.45) is 3.25. The molecular weight excluding hydrogens is 128 g/mol. The number of nitriles is 1. The van der Waals surface area contributed by atoms with E-state index in [0.717, 1.165) is 12.8 Å². The third-order valence-electron chi connectivity index (χ3n) is 1.13. The van der Waals surface area contributed by atoms with Gasteiger partial charge in [0.25, 0.3) is 0 Å². The molecule has 3 nitrogen and oxygen atoms in total. The third kappa shape index (κ3) is 1.35. The van der Waals surface area contributed by atoms with Crippen LogP contribution in [0.25, 0.3) is 0 Å². The molecule has 0 radical (unpaired) electrons. The highest BCUT2D eigenvalue weighted by molar-refractivity contribution is 5.12. The van der Waals surface area contributed by atoms with Crippen LogP contribution in [0.4, 0.5) is 0 Å². The van der Waals surface area contributed by atoms with Crippen molar-refractivity contribution in [2.45, 2.75) is 19.8 Å². The van der Waals surface area contributed by atoms with E-state index in [1.165, 1.54) is 6.20 Å². The van der Waals surface area contributed by atoms with Gasteiger partial charge in [0.05, 0.1) is 6.20 Å². The lowest BCUT2D eigenvalue weighted by Gasteiger charge is -1.84. The second kappa shape index (κ2) is 3.02. The van der Waals surface area contributed by atoms with E-state index in [9.17, 15) is 0 Å². The van der Waals surface area contributed by atoms with Gasteiger partial charge in [0.15, 0.2) is 5.89 Å². The Kier molecular flexibility index (Phi) is 2.06. The summed E-state index contributed by atoms with van der Waals surface area (Å²) in [5.74, 6) is 0.947. The van der Waals surface area contributed by atoms with Crippen molar-refractivity contribution in [3.63, 3.8) is 0 Å². The third-order valence-corrected chi connectivity index (χ3v) is 1.13. The highest BCUT2D eigenvalue weighted by Crippen LogP contribution is 2.03. The Bertz CT molecular complexity index is 246. The van der Waals surface area contributed by atoms with Crippen molar-refractivity contribution in [1.29, 1.82) is 5.26 Å². The van der Waals surface area contributed by atoms with Crippen LogP contribution in [0.1, 0.15) is 25.0 Å². The molecule has 0 aliphatic carbocycles. The van der Waals surface area contributed by atoms with Crippen LogP contribution in [0.3, 0.4) is 0 Å². The Morgan fingerprint density at radius 1 is 1.80 bits per heavy atom. The number of hydrogen-bond donors (Lipinski definition) is 0. The second-order valence-electron chi connectivity index (χ2n) is 1.98. The molecule has 0 bridgehead atoms. The van der Waals surface area contributed by atoms with Crippen LogP contribution in [0.2, 0.25) is 0 Å². The number of aryl methyl sites for hydroxylation is 1. The number of hydrogen-bond acceptors (Lipinski definition) is 3. The molecule has 0 atom stereocenters. The van der Waals surface area contributed by atoms with Crippen LogP contribution in [-0.4, -0.2) is 4.98 Å². The van der Waals surface area contributed by atoms with Crippen molar-refractivity contribution in [3.05, 3.63) is 17.8 Å². The summed E-state index contributed by atoms with van der Waals surface area (Å²) in [4.78, 5) is 3.89. The van der Waals surface area contributed by atoms with Gasteiger partial charge in [0, 0.05) is 6.42 Å². The van der Waals surface area contributed by atoms with Gasteiger partial charge in [-0.25, -0.2) is 4.98 Å². The monoisotopic (exact) mass is 136 g/mol. The van der Waals surface area contributed by atoms with E-state index in [1.807, 2.05) is 13.0 Å². The molecule has 1 heterocycles. The minimum Gasteiger partial charge on any atom is -0.430 e. The summed E-state index contributed by atoms with van der Waals surface area (Å²) in [6.45, 7) is 2.04. The van der Waals surface area contributed by atoms with E-state index < -0.39 is 0 Å². The maximum Gasteiger partial charge on any atom is 0.223 e. The Balaban J connectivity index is 2.71. The van der Waals surface area contributed by atoms with E-state index in [2.05, 4.69) is 4.98 Å². The van der Waals surface area contributed by atoms with Crippen molar-refractivity contribution in [1.82, 2.24) is 4.98 Å². The van der Waals surface area contributed by atoms with E-state index in [1.54, 1.807) is 0 Å². The van der Waals surface area contributed by atoms with Crippen LogP contribution in [0.15, 0.2) is 10.6 Å². The number of aromatic nitrogens is 1. The molecule has 1 aromatic heterocycles. The van der Waals surface area contributed by atoms with Gasteiger partial charge >= 0.3 is 0 Å². The summed E-state index contributed by atoms with van der Waals surface area (Å²) < 4.78 is 5.00. The van der Waals surface area contributed by atoms with Crippen molar-refractivity contribution in [2.75, 3.05) is 0 Å². The van der Waals surface area contributed by atoms with E-state index in [0.29, 0.717) is 11.7 Å². The van der Waals surface area contributed by atoms with Crippen LogP contribution in [0, 0.1) is 11.3 Å². The number of nitrogens with zero attached hydrogens (tertiary/aromatic N) is 2. The van der Waals surface area contributed by atoms with Gasteiger partial charge in [-0.3, -0.25) is 0 Å². The Labute approximate surface area is 59.3 Å². The van der Waals surface area contributed by atoms with Gasteiger partial charge < -0.3 is 4.42 Å². The summed E-state index contributed by atoms with van der Waals surface area (Å²) in [6, 6.07) is 1.88. The average Bonchev–Trinajstić information content (AvgIpc) is 2.37. The fourth-order valence-corrected chi connectivity index (χ4v) is 0.691. The first-order chi connectivity index (χ1) is 4.86. The van der Waals surface area contributed by atoms with Crippen molar-refractivity contribution < 1.29 is 4.42 Å². The maximum atomic E-state index is 8.34. The van der Waals surface area contributed by atoms with Crippen LogP contribution in [-0.2, 0) is 6.42 Å². The summed E-state index contributed by atoms with van der Waals surface area (Å²) in [5, 5.41) is 8.34. The van der Waals surface area contributed by atoms with Gasteiger partial charge in [-0.2, -0.15) is 5.26 Å². The smallest absolute Gasteiger partial charge is 0.223 e. The SMILES string of the molecule is CCCc1ncc(C#N)o1. The highest BCUT2D eigenvalue weighted by Gasteiger charge is 1.99. The van der Waals surface area contributed by atoms with Crippen molar-refractivity contribution in [3.8, 4) is 6.07 Å². The molecule has 0 saturated heterocycles. The zero-order valence-electron chi connectivity index (χ0n) is 5.79. The van der Waals surface area contributed by atoms with Crippen molar-refractivity contribution in [2.24, 2.45) is 0 Å². The zero-order valence-corrected chi connectivity index (χ0v) is 5.79. The molecule has 0 aromatic carbocycles. The van der Waals surface area contributed by atoms with Crippen molar-refractivity contribution >= 4 is 0 Å². The van der Waals surface area contributed by atoms with Crippen LogP contribution < -0.4 is 0 Å². The molecule has 3 heteroatoms. The minimum absolute atomic E-state index is 0.295. The van der Waals surface area contributed by atoms with E-state index in [-0.39, 0.29) is 0 Å². The van der Waals surface area contributed by atoms with Gasteiger partial charge in [-0.1, -0.05) is 6.92 Å². The molecule has 0 amide bonds. The standard InChI is InChI=1S/C7H8N2O/c1-2-3-7-9-5-6(4-8)10-7/h5H,2-3H2,1H3. The van der Waals surface area contributed by atoms with E-state index >= 15 is 0 Å². The van der Waals surface area contributed by atoms with Crippen LogP contribution >= 0.6 is 0 Å². The van der Waals surface area contributed by atoms with Gasteiger partial charge in [0.2, 0.25) is 5.76 Å². The number of rotatable bonds is 2. The predicted octanol–water partition coefficient (Wildman–Crippen LogP) is 1.50. The van der Waals surface area contributed by atoms with Gasteiger partial charge in [-0.15, -0.1) is 0 Å². The molecule has 0 fully saturated rings. The minimum atomic E-state index is 0.295. The predicted molar refractivity (Wildman–Crippen MR) is 35.2 cm³/mol. The first kappa shape index (κ1) is 6.81. The summed E-state index contributed by atoms with van der Waals surface area (Å²) >= 11 is 0. The van der Waals surface area contributed by atoms with Gasteiger partial charge in [0.1, 0.15) is 6.07 Å². The molecule has 0 unspecified atom stereocenters. The molecule has 1 rings (SSSR count). The first-order valence-electron chi connectivity index (χ1n) is 3.21. The molecule has 0 aliphatic rings. The maximum absolute atomic E-state index is 8.34. The Morgan fingerprint density at radius 3 is 3.10 bits per heavy atom.